The van der Waals surface area contributed by atoms with Gasteiger partial charge < -0.3 is 14.5 Å². The first kappa shape index (κ1) is 41.3. The monoisotopic (exact) mass is 890 g/mol. The van der Waals surface area contributed by atoms with Crippen LogP contribution >= 0.6 is 0 Å². The zero-order valence-electron chi connectivity index (χ0n) is 39.3. The Labute approximate surface area is 406 Å². The van der Waals surface area contributed by atoms with Gasteiger partial charge >= 0.3 is 0 Å². The van der Waals surface area contributed by atoms with Crippen molar-refractivity contribution in [1.29, 1.82) is 0 Å². The first-order valence-electron chi connectivity index (χ1n) is 24.8. The second-order valence-electron chi connectivity index (χ2n) is 19.7. The molecule has 0 radical (unpaired) electrons. The van der Waals surface area contributed by atoms with E-state index in [1.807, 2.05) is 0 Å². The van der Waals surface area contributed by atoms with Gasteiger partial charge in [0.25, 0.3) is 0 Å². The standard InChI is InChI=1S/C66H54N2O/c1-65(2)56-29-13-10-25-52(56)55-28-18-24-51(44-61(55)65)67(47-20-6-3-4-7-21-47)49-40-36-45(37-41-49)46-38-42-50(43-39-46)68(48-22-8-5-9-23-48)62-34-19-33-60-64(62)69-63-35-17-16-32-59(63)66(60)57-30-14-11-26-53(57)54-27-12-15-31-58(54)66/h3-9,11-12,14-17,19-20,22-24,26-44,52H,10,13,18,21,25H2,1-2H3. The van der Waals surface area contributed by atoms with Crippen LogP contribution in [0, 0.1) is 11.3 Å². The van der Waals surface area contributed by atoms with Gasteiger partial charge in [-0.2, -0.15) is 0 Å². The number of hydrogen-bond acceptors (Lipinski definition) is 3. The number of anilines is 4. The number of allylic oxidation sites excluding steroid dienone is 12. The highest BCUT2D eigenvalue weighted by Gasteiger charge is 2.52. The fraction of sp³-hybridized carbons (Fsp3) is 0.152. The number of benzene rings is 7. The molecule has 334 valence electrons. The van der Waals surface area contributed by atoms with Gasteiger partial charge in [0.15, 0.2) is 5.75 Å². The van der Waals surface area contributed by atoms with Crippen molar-refractivity contribution in [1.82, 2.24) is 0 Å². The van der Waals surface area contributed by atoms with Crippen molar-refractivity contribution in [2.24, 2.45) is 11.3 Å². The van der Waals surface area contributed by atoms with Crippen LogP contribution in [0.4, 0.5) is 22.7 Å². The summed E-state index contributed by atoms with van der Waals surface area (Å²) in [7, 11) is 0. The molecule has 3 nitrogen and oxygen atoms in total. The zero-order valence-corrected chi connectivity index (χ0v) is 39.3. The Morgan fingerprint density at radius 2 is 1.19 bits per heavy atom. The van der Waals surface area contributed by atoms with E-state index in [2.05, 4.69) is 248 Å². The van der Waals surface area contributed by atoms with E-state index in [9.17, 15) is 0 Å². The van der Waals surface area contributed by atoms with Gasteiger partial charge in [-0.3, -0.25) is 0 Å². The minimum atomic E-state index is -0.547. The Hall–Kier alpha value is -7.88. The average molecular weight is 891 g/mol. The Morgan fingerprint density at radius 3 is 1.93 bits per heavy atom. The Morgan fingerprint density at radius 1 is 0.551 bits per heavy atom. The van der Waals surface area contributed by atoms with Crippen molar-refractivity contribution in [3.05, 3.63) is 275 Å². The molecule has 1 atom stereocenters. The molecule has 5 aliphatic carbocycles. The molecular weight excluding hydrogens is 837 g/mol. The maximum Gasteiger partial charge on any atom is 0.156 e. The fourth-order valence-electron chi connectivity index (χ4n) is 12.6. The summed E-state index contributed by atoms with van der Waals surface area (Å²) < 4.78 is 7.16. The van der Waals surface area contributed by atoms with Crippen molar-refractivity contribution < 1.29 is 4.74 Å². The van der Waals surface area contributed by atoms with Gasteiger partial charge in [-0.25, -0.2) is 0 Å². The van der Waals surface area contributed by atoms with Crippen molar-refractivity contribution in [3.8, 4) is 33.8 Å². The summed E-state index contributed by atoms with van der Waals surface area (Å²) in [6.07, 6.45) is 26.6. The van der Waals surface area contributed by atoms with E-state index in [0.29, 0.717) is 5.92 Å². The van der Waals surface area contributed by atoms with Crippen LogP contribution in [0.15, 0.2) is 253 Å². The molecule has 6 aliphatic rings. The lowest BCUT2D eigenvalue weighted by molar-refractivity contribution is 0.437. The third kappa shape index (κ3) is 6.47. The van der Waals surface area contributed by atoms with Crippen LogP contribution in [-0.2, 0) is 5.41 Å². The molecule has 1 aliphatic heterocycles. The predicted octanol–water partition coefficient (Wildman–Crippen LogP) is 17.4. The molecule has 1 saturated carbocycles. The van der Waals surface area contributed by atoms with Gasteiger partial charge in [-0.1, -0.05) is 183 Å². The second-order valence-corrected chi connectivity index (χ2v) is 19.7. The normalized spacial score (nSPS) is 18.5. The third-order valence-corrected chi connectivity index (χ3v) is 15.7. The molecule has 0 bridgehead atoms. The summed E-state index contributed by atoms with van der Waals surface area (Å²) in [4.78, 5) is 4.85. The van der Waals surface area contributed by atoms with E-state index in [1.165, 1.54) is 75.3 Å². The van der Waals surface area contributed by atoms with E-state index >= 15 is 0 Å². The first-order valence-corrected chi connectivity index (χ1v) is 24.8. The Balaban J connectivity index is 0.880. The van der Waals surface area contributed by atoms with E-state index in [-0.39, 0.29) is 5.41 Å². The summed E-state index contributed by atoms with van der Waals surface area (Å²) >= 11 is 0. The number of para-hydroxylation sites is 3. The van der Waals surface area contributed by atoms with Crippen LogP contribution in [0.25, 0.3) is 22.3 Å². The van der Waals surface area contributed by atoms with Gasteiger partial charge in [0.05, 0.1) is 11.1 Å². The maximum atomic E-state index is 7.16. The number of ether oxygens (including phenoxy) is 1. The zero-order chi connectivity index (χ0) is 46.1. The molecule has 0 N–H and O–H groups in total. The first-order chi connectivity index (χ1) is 34.0. The third-order valence-electron chi connectivity index (χ3n) is 15.7. The van der Waals surface area contributed by atoms with Gasteiger partial charge in [-0.15, -0.1) is 0 Å². The summed E-state index contributed by atoms with van der Waals surface area (Å²) in [5.74, 6) is 2.30. The summed E-state index contributed by atoms with van der Waals surface area (Å²) in [6.45, 7) is 4.88. The maximum absolute atomic E-state index is 7.16. The quantitative estimate of drug-likeness (QED) is 0.148. The van der Waals surface area contributed by atoms with Crippen LogP contribution in [-0.4, -0.2) is 0 Å². The summed E-state index contributed by atoms with van der Waals surface area (Å²) in [5, 5.41) is 0. The van der Waals surface area contributed by atoms with Gasteiger partial charge in [0, 0.05) is 57.3 Å². The molecule has 0 amide bonds. The molecule has 7 aromatic carbocycles. The summed E-state index contributed by atoms with van der Waals surface area (Å²) in [6, 6.07) is 62.1. The Kier molecular flexibility index (Phi) is 9.83. The van der Waals surface area contributed by atoms with E-state index in [0.717, 1.165) is 52.5 Å². The molecule has 0 aromatic heterocycles. The molecule has 3 heteroatoms. The van der Waals surface area contributed by atoms with Crippen LogP contribution < -0.4 is 14.5 Å². The fourth-order valence-corrected chi connectivity index (χ4v) is 12.6. The highest BCUT2D eigenvalue weighted by atomic mass is 16.5. The number of nitrogens with zero attached hydrogens (tertiary/aromatic N) is 2. The second kappa shape index (κ2) is 16.4. The molecule has 1 fully saturated rings. The van der Waals surface area contributed by atoms with Crippen molar-refractivity contribution in [2.45, 2.75) is 51.4 Å². The van der Waals surface area contributed by atoms with Crippen LogP contribution in [0.1, 0.15) is 68.2 Å². The van der Waals surface area contributed by atoms with Crippen molar-refractivity contribution in [2.75, 3.05) is 9.80 Å². The molecule has 1 heterocycles. The molecule has 0 saturated heterocycles. The van der Waals surface area contributed by atoms with Crippen LogP contribution in [0.5, 0.6) is 11.5 Å². The lowest BCUT2D eigenvalue weighted by atomic mass is 9.66. The molecular formula is C66H54N2O. The lowest BCUT2D eigenvalue weighted by Gasteiger charge is -2.41. The number of rotatable bonds is 7. The SMILES string of the molecule is CC1(C)C2=CC(N(C3=CC=CC=CC3)c3ccc(-c4ccc(N(c5ccccc5)c5cccc6c5Oc5ccccc5C65c6ccccc6-c6ccccc65)cc4)cc3)=CCC=C2C2CCCC=C21. The molecule has 69 heavy (non-hydrogen) atoms. The summed E-state index contributed by atoms with van der Waals surface area (Å²) in [5.41, 5.74) is 20.7. The van der Waals surface area contributed by atoms with Crippen molar-refractivity contribution >= 4 is 22.7 Å². The smallest absolute Gasteiger partial charge is 0.156 e. The number of fused-ring (bicyclic) bond motifs is 12. The minimum Gasteiger partial charge on any atom is -0.454 e. The molecule has 7 aromatic rings. The van der Waals surface area contributed by atoms with Crippen LogP contribution in [0.2, 0.25) is 0 Å². The highest BCUT2D eigenvalue weighted by molar-refractivity contribution is 5.91. The highest BCUT2D eigenvalue weighted by Crippen LogP contribution is 2.64. The van der Waals surface area contributed by atoms with E-state index in [1.54, 1.807) is 11.1 Å². The molecule has 1 unspecified atom stereocenters. The minimum absolute atomic E-state index is 0.0185. The van der Waals surface area contributed by atoms with Crippen LogP contribution in [0.3, 0.4) is 0 Å². The molecule has 13 rings (SSSR count). The topological polar surface area (TPSA) is 15.7 Å². The van der Waals surface area contributed by atoms with Gasteiger partial charge in [-0.05, 0) is 131 Å². The number of hydrogen-bond donors (Lipinski definition) is 0. The van der Waals surface area contributed by atoms with Gasteiger partial charge in [0.1, 0.15) is 5.75 Å². The van der Waals surface area contributed by atoms with E-state index in [4.69, 9.17) is 4.74 Å². The van der Waals surface area contributed by atoms with Gasteiger partial charge in [0.2, 0.25) is 0 Å². The van der Waals surface area contributed by atoms with Crippen molar-refractivity contribution in [3.63, 3.8) is 0 Å². The van der Waals surface area contributed by atoms with E-state index < -0.39 is 5.41 Å². The largest absolute Gasteiger partial charge is 0.454 e. The Bertz CT molecular complexity index is 3360. The average Bonchev–Trinajstić information content (AvgIpc) is 3.56. The predicted molar refractivity (Wildman–Crippen MR) is 285 cm³/mol. The lowest BCUT2D eigenvalue weighted by Crippen LogP contribution is -2.32. The molecule has 1 spiro atoms.